The molecule has 1 aromatic heterocycles. The molecule has 6 rings (SSSR count). The minimum atomic E-state index is -0.238. The summed E-state index contributed by atoms with van der Waals surface area (Å²) < 4.78 is 6.28. The Hall–Kier alpha value is -3.53. The lowest BCUT2D eigenvalue weighted by Gasteiger charge is -2.15. The highest BCUT2D eigenvalue weighted by Crippen LogP contribution is 2.46. The van der Waals surface area contributed by atoms with E-state index in [9.17, 15) is 0 Å². The number of aromatic nitrogens is 1. The topological polar surface area (TPSA) is 34.2 Å². The molecule has 3 aromatic carbocycles. The van der Waals surface area contributed by atoms with Crippen LogP contribution in [0.25, 0.3) is 27.2 Å². The van der Waals surface area contributed by atoms with Crippen molar-refractivity contribution in [3.05, 3.63) is 90.1 Å². The molecule has 0 saturated carbocycles. The minimum absolute atomic E-state index is 0.238. The summed E-state index contributed by atoms with van der Waals surface area (Å²) in [6.07, 6.45) is 8.34. The molecule has 0 bridgehead atoms. The van der Waals surface area contributed by atoms with Gasteiger partial charge in [0.25, 0.3) is 0 Å². The molecular weight excluding hydrogens is 367 g/mol. The first-order valence-corrected chi connectivity index (χ1v) is 10.3. The van der Waals surface area contributed by atoms with Crippen molar-refractivity contribution in [3.63, 3.8) is 0 Å². The molecule has 2 aliphatic rings. The number of para-hydroxylation sites is 1. The van der Waals surface area contributed by atoms with Gasteiger partial charge in [-0.1, -0.05) is 66.2 Å². The van der Waals surface area contributed by atoms with E-state index in [1.807, 2.05) is 30.3 Å². The molecular formula is C26H19BN2O. The monoisotopic (exact) mass is 386 g/mol. The number of benzene rings is 3. The molecule has 1 unspecified atom stereocenters. The van der Waals surface area contributed by atoms with Gasteiger partial charge in [-0.25, -0.2) is 4.98 Å². The highest BCUT2D eigenvalue weighted by Gasteiger charge is 2.27. The van der Waals surface area contributed by atoms with Crippen molar-refractivity contribution in [2.45, 2.75) is 19.1 Å². The summed E-state index contributed by atoms with van der Waals surface area (Å²) in [5.74, 6) is 0.865. The molecule has 3 nitrogen and oxygen atoms in total. The zero-order valence-corrected chi connectivity index (χ0v) is 16.4. The van der Waals surface area contributed by atoms with Gasteiger partial charge in [-0.05, 0) is 36.6 Å². The molecule has 142 valence electrons. The van der Waals surface area contributed by atoms with Crippen LogP contribution in [0.1, 0.15) is 30.3 Å². The average molecular weight is 386 g/mol. The Labute approximate surface area is 176 Å². The lowest BCUT2D eigenvalue weighted by atomic mass is 9.94. The second-order valence-corrected chi connectivity index (χ2v) is 7.81. The van der Waals surface area contributed by atoms with Gasteiger partial charge in [0, 0.05) is 21.7 Å². The molecule has 2 heterocycles. The van der Waals surface area contributed by atoms with E-state index in [4.69, 9.17) is 17.6 Å². The van der Waals surface area contributed by atoms with Crippen LogP contribution in [0, 0.1) is 0 Å². The number of ether oxygens (including phenoxy) is 1. The number of hydrogen-bond donors (Lipinski definition) is 1. The summed E-state index contributed by atoms with van der Waals surface area (Å²) in [5, 5.41) is 7.07. The van der Waals surface area contributed by atoms with E-state index in [0.717, 1.165) is 57.3 Å². The normalized spacial score (nSPS) is 17.5. The van der Waals surface area contributed by atoms with Crippen LogP contribution in [-0.2, 0) is 0 Å². The third kappa shape index (κ3) is 2.72. The van der Waals surface area contributed by atoms with Gasteiger partial charge in [0.1, 0.15) is 13.6 Å². The van der Waals surface area contributed by atoms with Crippen LogP contribution >= 0.6 is 0 Å². The van der Waals surface area contributed by atoms with Gasteiger partial charge < -0.3 is 10.1 Å². The Morgan fingerprint density at radius 1 is 0.967 bits per heavy atom. The molecule has 1 atom stereocenters. The predicted octanol–water partition coefficient (Wildman–Crippen LogP) is 5.42. The fourth-order valence-corrected chi connectivity index (χ4v) is 4.42. The molecule has 0 saturated heterocycles. The van der Waals surface area contributed by atoms with E-state index in [2.05, 4.69) is 53.9 Å². The smallest absolute Gasteiger partial charge is 0.196 e. The van der Waals surface area contributed by atoms with E-state index < -0.39 is 0 Å². The SMILES string of the molecule is [B]c1ccc(C2Nc3c(ccc4c(C5=CC=CCC5)nc5ccccc5c34)O2)cc1. The Bertz CT molecular complexity index is 1360. The van der Waals surface area contributed by atoms with Crippen LogP contribution < -0.4 is 15.5 Å². The van der Waals surface area contributed by atoms with Crippen LogP contribution in [-0.4, -0.2) is 12.8 Å². The van der Waals surface area contributed by atoms with Crippen LogP contribution in [0.2, 0.25) is 0 Å². The quantitative estimate of drug-likeness (QED) is 0.369. The number of anilines is 1. The Kier molecular flexibility index (Phi) is 3.91. The van der Waals surface area contributed by atoms with Gasteiger partial charge in [0.2, 0.25) is 0 Å². The van der Waals surface area contributed by atoms with E-state index in [1.54, 1.807) is 0 Å². The van der Waals surface area contributed by atoms with Crippen LogP contribution in [0.5, 0.6) is 5.75 Å². The molecule has 1 N–H and O–H groups in total. The number of nitrogens with one attached hydrogen (secondary N) is 1. The lowest BCUT2D eigenvalue weighted by Crippen LogP contribution is -2.12. The van der Waals surface area contributed by atoms with Crippen LogP contribution in [0.15, 0.2) is 78.9 Å². The summed E-state index contributed by atoms with van der Waals surface area (Å²) in [6.45, 7) is 0. The van der Waals surface area contributed by atoms with Crippen molar-refractivity contribution in [3.8, 4) is 5.75 Å². The summed E-state index contributed by atoms with van der Waals surface area (Å²) in [6, 6.07) is 20.4. The molecule has 1 aliphatic heterocycles. The summed E-state index contributed by atoms with van der Waals surface area (Å²) in [4.78, 5) is 5.05. The molecule has 1 aliphatic carbocycles. The number of hydrogen-bond acceptors (Lipinski definition) is 3. The zero-order chi connectivity index (χ0) is 20.1. The Morgan fingerprint density at radius 3 is 2.67 bits per heavy atom. The van der Waals surface area contributed by atoms with E-state index >= 15 is 0 Å². The maximum absolute atomic E-state index is 6.28. The Balaban J connectivity index is 1.58. The molecule has 0 fully saturated rings. The molecule has 30 heavy (non-hydrogen) atoms. The number of allylic oxidation sites excluding steroid dienone is 4. The van der Waals surface area contributed by atoms with Gasteiger partial charge in [-0.15, -0.1) is 0 Å². The number of fused-ring (bicyclic) bond motifs is 5. The van der Waals surface area contributed by atoms with Crippen molar-refractivity contribution in [2.24, 2.45) is 0 Å². The highest BCUT2D eigenvalue weighted by molar-refractivity contribution is 6.32. The lowest BCUT2D eigenvalue weighted by molar-refractivity contribution is 0.260. The van der Waals surface area contributed by atoms with Crippen molar-refractivity contribution in [1.82, 2.24) is 4.98 Å². The summed E-state index contributed by atoms with van der Waals surface area (Å²) in [5.41, 5.74) is 6.17. The number of rotatable bonds is 2. The first-order valence-electron chi connectivity index (χ1n) is 10.3. The maximum Gasteiger partial charge on any atom is 0.196 e. The molecule has 2 radical (unpaired) electrons. The highest BCUT2D eigenvalue weighted by atomic mass is 16.5. The standard InChI is InChI=1S/C26H19BN2O/c27-18-12-10-17(11-13-18)26-29-25-22(30-26)15-14-20-23(25)19-8-4-5-9-21(19)28-24(20)16-6-2-1-3-7-16/h1-2,4-6,8-15,26,29H,3,7H2. The second-order valence-electron chi connectivity index (χ2n) is 7.81. The van der Waals surface area contributed by atoms with Crippen LogP contribution in [0.3, 0.4) is 0 Å². The van der Waals surface area contributed by atoms with Gasteiger partial charge in [-0.3, -0.25) is 0 Å². The fourth-order valence-electron chi connectivity index (χ4n) is 4.42. The predicted molar refractivity (Wildman–Crippen MR) is 124 cm³/mol. The van der Waals surface area contributed by atoms with E-state index in [1.165, 1.54) is 11.0 Å². The van der Waals surface area contributed by atoms with Gasteiger partial charge in [-0.2, -0.15) is 0 Å². The maximum atomic E-state index is 6.28. The Morgan fingerprint density at radius 2 is 1.83 bits per heavy atom. The van der Waals surface area contributed by atoms with Crippen molar-refractivity contribution < 1.29 is 4.74 Å². The van der Waals surface area contributed by atoms with E-state index in [-0.39, 0.29) is 6.23 Å². The third-order valence-electron chi connectivity index (χ3n) is 5.91. The van der Waals surface area contributed by atoms with Gasteiger partial charge >= 0.3 is 0 Å². The van der Waals surface area contributed by atoms with Crippen molar-refractivity contribution >= 4 is 46.2 Å². The molecule has 4 heteroatoms. The van der Waals surface area contributed by atoms with Crippen molar-refractivity contribution in [1.29, 1.82) is 0 Å². The zero-order valence-electron chi connectivity index (χ0n) is 16.4. The fraction of sp³-hybridized carbons (Fsp3) is 0.115. The van der Waals surface area contributed by atoms with Crippen LogP contribution in [0.4, 0.5) is 5.69 Å². The third-order valence-corrected chi connectivity index (χ3v) is 5.91. The van der Waals surface area contributed by atoms with Crippen molar-refractivity contribution in [2.75, 3.05) is 5.32 Å². The molecule has 0 spiro atoms. The minimum Gasteiger partial charge on any atom is -0.464 e. The number of pyridine rings is 1. The largest absolute Gasteiger partial charge is 0.464 e. The second kappa shape index (κ2) is 6.77. The first-order chi connectivity index (χ1) is 14.8. The summed E-state index contributed by atoms with van der Waals surface area (Å²) >= 11 is 0. The average Bonchev–Trinajstić information content (AvgIpc) is 3.24. The molecule has 0 amide bonds. The van der Waals surface area contributed by atoms with Gasteiger partial charge in [0.05, 0.1) is 16.9 Å². The van der Waals surface area contributed by atoms with E-state index in [0.29, 0.717) is 0 Å². The molecule has 4 aromatic rings. The van der Waals surface area contributed by atoms with Gasteiger partial charge in [0.15, 0.2) is 6.23 Å². The number of nitrogens with zero attached hydrogens (tertiary/aromatic N) is 1. The summed E-state index contributed by atoms with van der Waals surface area (Å²) in [7, 11) is 5.86. The first kappa shape index (κ1) is 17.3.